The molecular formula is C5H7BrN2O. The molecule has 4 heteroatoms. The third-order valence-electron chi connectivity index (χ3n) is 0.960. The lowest BCUT2D eigenvalue weighted by molar-refractivity contribution is 0.276. The molecule has 1 aromatic rings. The van der Waals surface area contributed by atoms with Gasteiger partial charge >= 0.3 is 0 Å². The first-order valence-corrected chi connectivity index (χ1v) is 3.40. The number of hydrogen-bond donors (Lipinski definition) is 1. The third kappa shape index (κ3) is 1.80. The second kappa shape index (κ2) is 2.98. The maximum Gasteiger partial charge on any atom is 0.124 e. The van der Waals surface area contributed by atoms with Crippen LogP contribution in [0.5, 0.6) is 0 Å². The Hall–Kier alpha value is -0.350. The summed E-state index contributed by atoms with van der Waals surface area (Å²) in [6.45, 7) is 0.765. The summed E-state index contributed by atoms with van der Waals surface area (Å²) < 4.78 is 2.61. The largest absolute Gasteiger partial charge is 0.395 e. The molecule has 0 radical (unpaired) electrons. The number of aliphatic hydroxyl groups is 1. The van der Waals surface area contributed by atoms with Crippen LogP contribution in [0.15, 0.2) is 17.1 Å². The van der Waals surface area contributed by atoms with E-state index in [2.05, 4.69) is 20.9 Å². The number of aliphatic hydroxyl groups excluding tert-OH is 1. The summed E-state index contributed by atoms with van der Waals surface area (Å²) in [4.78, 5) is 3.90. The minimum absolute atomic E-state index is 0.156. The average Bonchev–Trinajstić information content (AvgIpc) is 2.17. The molecule has 0 unspecified atom stereocenters. The lowest BCUT2D eigenvalue weighted by Crippen LogP contribution is -1.97. The zero-order valence-electron chi connectivity index (χ0n) is 4.79. The minimum atomic E-state index is 0.156. The fourth-order valence-corrected chi connectivity index (χ4v) is 0.925. The van der Waals surface area contributed by atoms with E-state index in [0.29, 0.717) is 6.54 Å². The number of rotatable bonds is 2. The molecule has 1 aromatic heterocycles. The smallest absolute Gasteiger partial charge is 0.124 e. The highest BCUT2D eigenvalue weighted by molar-refractivity contribution is 9.10. The molecule has 1 N–H and O–H groups in total. The van der Waals surface area contributed by atoms with Crippen LogP contribution < -0.4 is 0 Å². The molecule has 1 rings (SSSR count). The van der Waals surface area contributed by atoms with Gasteiger partial charge in [0.25, 0.3) is 0 Å². The molecule has 0 aliphatic heterocycles. The van der Waals surface area contributed by atoms with E-state index in [1.165, 1.54) is 0 Å². The average molecular weight is 191 g/mol. The normalized spacial score (nSPS) is 10.0. The Morgan fingerprint density at radius 1 is 1.78 bits per heavy atom. The number of aromatic nitrogens is 2. The molecule has 0 aromatic carbocycles. The van der Waals surface area contributed by atoms with Gasteiger partial charge in [-0.3, -0.25) is 0 Å². The maximum atomic E-state index is 8.47. The molecule has 9 heavy (non-hydrogen) atoms. The molecule has 0 fully saturated rings. The monoisotopic (exact) mass is 190 g/mol. The van der Waals surface area contributed by atoms with E-state index in [1.54, 1.807) is 6.33 Å². The molecule has 0 bridgehead atoms. The van der Waals surface area contributed by atoms with Gasteiger partial charge in [0.2, 0.25) is 0 Å². The van der Waals surface area contributed by atoms with Crippen molar-refractivity contribution < 1.29 is 5.11 Å². The second-order valence-corrected chi connectivity index (χ2v) is 2.47. The topological polar surface area (TPSA) is 38.0 Å². The summed E-state index contributed by atoms with van der Waals surface area (Å²) in [5, 5.41) is 8.47. The molecule has 0 saturated carbocycles. The van der Waals surface area contributed by atoms with Crippen LogP contribution in [-0.4, -0.2) is 21.3 Å². The molecule has 0 saturated heterocycles. The maximum absolute atomic E-state index is 8.47. The fraction of sp³-hybridized carbons (Fsp3) is 0.400. The van der Waals surface area contributed by atoms with Crippen molar-refractivity contribution in [3.05, 3.63) is 17.1 Å². The first-order chi connectivity index (χ1) is 4.33. The van der Waals surface area contributed by atoms with Crippen molar-refractivity contribution in [3.8, 4) is 0 Å². The van der Waals surface area contributed by atoms with E-state index < -0.39 is 0 Å². The standard InChI is InChI=1S/C5H7BrN2O/c6-5-3-8(1-2-9)4-7-5/h3-4,9H,1-2H2. The lowest BCUT2D eigenvalue weighted by Gasteiger charge is -1.93. The van der Waals surface area contributed by atoms with Crippen molar-refractivity contribution >= 4 is 15.9 Å². The summed E-state index contributed by atoms with van der Waals surface area (Å²) in [5.41, 5.74) is 0. The first kappa shape index (κ1) is 6.77. The zero-order chi connectivity index (χ0) is 6.69. The number of halogens is 1. The van der Waals surface area contributed by atoms with Crippen LogP contribution in [0.1, 0.15) is 0 Å². The summed E-state index contributed by atoms with van der Waals surface area (Å²) in [5.74, 6) is 0. The van der Waals surface area contributed by atoms with Gasteiger partial charge in [-0.15, -0.1) is 0 Å². The lowest BCUT2D eigenvalue weighted by atomic mass is 10.7. The Kier molecular flexibility index (Phi) is 2.24. The van der Waals surface area contributed by atoms with Gasteiger partial charge in [-0.2, -0.15) is 0 Å². The van der Waals surface area contributed by atoms with Crippen LogP contribution in [0.4, 0.5) is 0 Å². The Balaban J connectivity index is 2.61. The van der Waals surface area contributed by atoms with Crippen molar-refractivity contribution in [1.29, 1.82) is 0 Å². The van der Waals surface area contributed by atoms with Gasteiger partial charge in [0, 0.05) is 12.7 Å². The minimum Gasteiger partial charge on any atom is -0.395 e. The Labute approximate surface area is 61.5 Å². The molecule has 1 heterocycles. The molecule has 0 aliphatic carbocycles. The Bertz CT molecular complexity index is 187. The zero-order valence-corrected chi connectivity index (χ0v) is 6.37. The molecular weight excluding hydrogens is 184 g/mol. The molecule has 0 spiro atoms. The van der Waals surface area contributed by atoms with Crippen LogP contribution in [0.3, 0.4) is 0 Å². The molecule has 0 atom stereocenters. The van der Waals surface area contributed by atoms with Gasteiger partial charge in [-0.05, 0) is 15.9 Å². The van der Waals surface area contributed by atoms with E-state index in [4.69, 9.17) is 5.11 Å². The number of hydrogen-bond acceptors (Lipinski definition) is 2. The van der Waals surface area contributed by atoms with Crippen LogP contribution in [0.25, 0.3) is 0 Å². The van der Waals surface area contributed by atoms with Gasteiger partial charge in [-0.25, -0.2) is 4.98 Å². The van der Waals surface area contributed by atoms with Gasteiger partial charge in [0.1, 0.15) is 4.60 Å². The Morgan fingerprint density at radius 3 is 3.00 bits per heavy atom. The second-order valence-electron chi connectivity index (χ2n) is 1.66. The summed E-state index contributed by atoms with van der Waals surface area (Å²) in [6, 6.07) is 0. The predicted octanol–water partition coefficient (Wildman–Crippen LogP) is 0.638. The van der Waals surface area contributed by atoms with Crippen molar-refractivity contribution in [2.75, 3.05) is 6.61 Å². The van der Waals surface area contributed by atoms with Crippen LogP contribution in [0, 0.1) is 0 Å². The van der Waals surface area contributed by atoms with E-state index in [9.17, 15) is 0 Å². The van der Waals surface area contributed by atoms with Gasteiger partial charge in [-0.1, -0.05) is 0 Å². The molecule has 50 valence electrons. The molecule has 0 aliphatic rings. The third-order valence-corrected chi connectivity index (χ3v) is 1.37. The quantitative estimate of drug-likeness (QED) is 0.744. The van der Waals surface area contributed by atoms with E-state index in [0.717, 1.165) is 4.60 Å². The summed E-state index contributed by atoms with van der Waals surface area (Å²) >= 11 is 3.19. The van der Waals surface area contributed by atoms with E-state index in [-0.39, 0.29) is 6.61 Å². The van der Waals surface area contributed by atoms with Crippen LogP contribution >= 0.6 is 15.9 Å². The summed E-state index contributed by atoms with van der Waals surface area (Å²) in [6.07, 6.45) is 3.48. The fourth-order valence-electron chi connectivity index (χ4n) is 0.571. The predicted molar refractivity (Wildman–Crippen MR) is 37.0 cm³/mol. The highest BCUT2D eigenvalue weighted by Gasteiger charge is 1.90. The number of nitrogens with zero attached hydrogens (tertiary/aromatic N) is 2. The van der Waals surface area contributed by atoms with Gasteiger partial charge < -0.3 is 9.67 Å². The highest BCUT2D eigenvalue weighted by atomic mass is 79.9. The highest BCUT2D eigenvalue weighted by Crippen LogP contribution is 2.03. The van der Waals surface area contributed by atoms with Crippen molar-refractivity contribution in [1.82, 2.24) is 9.55 Å². The number of imidazole rings is 1. The van der Waals surface area contributed by atoms with Gasteiger partial charge in [0.05, 0.1) is 12.9 Å². The van der Waals surface area contributed by atoms with Crippen molar-refractivity contribution in [2.45, 2.75) is 6.54 Å². The van der Waals surface area contributed by atoms with Gasteiger partial charge in [0.15, 0.2) is 0 Å². The first-order valence-electron chi connectivity index (χ1n) is 2.61. The SMILES string of the molecule is OCCn1cnc(Br)c1. The van der Waals surface area contributed by atoms with Crippen molar-refractivity contribution in [3.63, 3.8) is 0 Å². The Morgan fingerprint density at radius 2 is 2.56 bits per heavy atom. The van der Waals surface area contributed by atoms with E-state index >= 15 is 0 Å². The summed E-state index contributed by atoms with van der Waals surface area (Å²) in [7, 11) is 0. The molecule has 3 nitrogen and oxygen atoms in total. The van der Waals surface area contributed by atoms with Crippen LogP contribution in [0.2, 0.25) is 0 Å². The molecule has 0 amide bonds. The van der Waals surface area contributed by atoms with Crippen LogP contribution in [-0.2, 0) is 6.54 Å². The van der Waals surface area contributed by atoms with Crippen molar-refractivity contribution in [2.24, 2.45) is 0 Å². The van der Waals surface area contributed by atoms with E-state index in [1.807, 2.05) is 10.8 Å².